The van der Waals surface area contributed by atoms with Gasteiger partial charge in [0.1, 0.15) is 17.1 Å². The number of aryl methyl sites for hydroxylation is 1. The van der Waals surface area contributed by atoms with E-state index in [1.807, 2.05) is 6.92 Å². The number of rotatable bonds is 6. The molecule has 4 heteroatoms. The summed E-state index contributed by atoms with van der Waals surface area (Å²) in [7, 11) is 0. The summed E-state index contributed by atoms with van der Waals surface area (Å²) < 4.78 is 0. The van der Waals surface area contributed by atoms with E-state index < -0.39 is 11.4 Å². The van der Waals surface area contributed by atoms with Crippen LogP contribution in [-0.4, -0.2) is 21.3 Å². The lowest BCUT2D eigenvalue weighted by Gasteiger charge is -2.45. The molecular weight excluding hydrogens is 328 g/mol. The van der Waals surface area contributed by atoms with Crippen LogP contribution in [0.3, 0.4) is 0 Å². The molecule has 0 aromatic heterocycles. The van der Waals surface area contributed by atoms with Gasteiger partial charge in [-0.1, -0.05) is 52.7 Å². The van der Waals surface area contributed by atoms with Crippen molar-refractivity contribution in [1.82, 2.24) is 0 Å². The number of carbonyl (C=O) groups is 1. The van der Waals surface area contributed by atoms with Gasteiger partial charge in [-0.2, -0.15) is 0 Å². The molecule has 0 aliphatic heterocycles. The number of aromatic carboxylic acids is 1. The average Bonchev–Trinajstić information content (AvgIpc) is 2.50. The number of aromatic hydroxyl groups is 2. The molecular formula is C22H32O4. The van der Waals surface area contributed by atoms with Crippen LogP contribution in [0.2, 0.25) is 0 Å². The number of unbranched alkanes of at least 4 members (excludes halogenated alkanes) is 2. The first-order valence-electron chi connectivity index (χ1n) is 9.53. The highest BCUT2D eigenvalue weighted by molar-refractivity contribution is 5.94. The SMILES string of the molecule is C=C1CCC(C)(C)CC1(C)c1c(O)cc(CCCCC)c(C(=O)O)c1O. The summed E-state index contributed by atoms with van der Waals surface area (Å²) in [5.74, 6) is -1.48. The second kappa shape index (κ2) is 7.34. The van der Waals surface area contributed by atoms with Crippen molar-refractivity contribution in [3.63, 3.8) is 0 Å². The van der Waals surface area contributed by atoms with E-state index in [0.717, 1.165) is 37.7 Å². The van der Waals surface area contributed by atoms with Gasteiger partial charge in [-0.15, -0.1) is 0 Å². The number of hydrogen-bond acceptors (Lipinski definition) is 3. The minimum absolute atomic E-state index is 0.0258. The van der Waals surface area contributed by atoms with E-state index in [9.17, 15) is 20.1 Å². The number of phenols is 2. The minimum atomic E-state index is -1.15. The standard InChI is InChI=1S/C22H32O4/c1-6-7-8-9-15-12-16(23)18(19(24)17(15)20(25)26)22(5)13-21(3,4)11-10-14(22)2/h12,23-24H,2,6-11,13H2,1,3-5H3,(H,25,26). The largest absolute Gasteiger partial charge is 0.507 e. The van der Waals surface area contributed by atoms with Crippen LogP contribution in [-0.2, 0) is 11.8 Å². The van der Waals surface area contributed by atoms with E-state index in [1.54, 1.807) is 0 Å². The topological polar surface area (TPSA) is 77.8 Å². The summed E-state index contributed by atoms with van der Waals surface area (Å²) in [4.78, 5) is 11.9. The Morgan fingerprint density at radius 2 is 1.88 bits per heavy atom. The van der Waals surface area contributed by atoms with Crippen LogP contribution in [0, 0.1) is 5.41 Å². The van der Waals surface area contributed by atoms with Gasteiger partial charge in [-0.25, -0.2) is 4.79 Å². The van der Waals surface area contributed by atoms with E-state index in [2.05, 4.69) is 27.4 Å². The van der Waals surface area contributed by atoms with E-state index in [0.29, 0.717) is 24.0 Å². The Morgan fingerprint density at radius 1 is 1.23 bits per heavy atom. The number of allylic oxidation sites excluding steroid dienone is 1. The summed E-state index contributed by atoms with van der Waals surface area (Å²) in [5, 5.41) is 31.4. The van der Waals surface area contributed by atoms with Crippen LogP contribution < -0.4 is 0 Å². The van der Waals surface area contributed by atoms with E-state index in [1.165, 1.54) is 6.07 Å². The summed E-state index contributed by atoms with van der Waals surface area (Å²) in [6.45, 7) is 12.5. The molecule has 1 aromatic rings. The van der Waals surface area contributed by atoms with Gasteiger partial charge in [0, 0.05) is 11.0 Å². The number of benzene rings is 1. The molecule has 1 aromatic carbocycles. The van der Waals surface area contributed by atoms with Gasteiger partial charge in [0.2, 0.25) is 0 Å². The molecule has 0 amide bonds. The van der Waals surface area contributed by atoms with Gasteiger partial charge in [0.15, 0.2) is 0 Å². The molecule has 1 saturated carbocycles. The van der Waals surface area contributed by atoms with Crippen molar-refractivity contribution in [1.29, 1.82) is 0 Å². The lowest BCUT2D eigenvalue weighted by molar-refractivity contribution is 0.0692. The summed E-state index contributed by atoms with van der Waals surface area (Å²) >= 11 is 0. The number of carboxylic acid groups (broad SMARTS) is 1. The Balaban J connectivity index is 2.61. The highest BCUT2D eigenvalue weighted by atomic mass is 16.4. The third-order valence-electron chi connectivity index (χ3n) is 5.89. The molecule has 4 nitrogen and oxygen atoms in total. The monoisotopic (exact) mass is 360 g/mol. The highest BCUT2D eigenvalue weighted by Crippen LogP contribution is 2.55. The fourth-order valence-electron chi connectivity index (χ4n) is 4.45. The van der Waals surface area contributed by atoms with Gasteiger partial charge in [0.05, 0.1) is 0 Å². The van der Waals surface area contributed by atoms with Crippen LogP contribution >= 0.6 is 0 Å². The number of hydrogen-bond donors (Lipinski definition) is 3. The molecule has 0 saturated heterocycles. The maximum absolute atomic E-state index is 11.9. The van der Waals surface area contributed by atoms with Crippen molar-refractivity contribution in [3.05, 3.63) is 34.9 Å². The van der Waals surface area contributed by atoms with Crippen molar-refractivity contribution in [3.8, 4) is 11.5 Å². The maximum Gasteiger partial charge on any atom is 0.339 e. The van der Waals surface area contributed by atoms with E-state index in [4.69, 9.17) is 0 Å². The molecule has 1 aliphatic rings. The van der Waals surface area contributed by atoms with Crippen molar-refractivity contribution in [2.45, 2.75) is 78.1 Å². The minimum Gasteiger partial charge on any atom is -0.507 e. The Bertz CT molecular complexity index is 717. The Hall–Kier alpha value is -1.97. The molecule has 144 valence electrons. The molecule has 26 heavy (non-hydrogen) atoms. The average molecular weight is 360 g/mol. The molecule has 3 N–H and O–H groups in total. The fourth-order valence-corrected chi connectivity index (χ4v) is 4.45. The predicted molar refractivity (Wildman–Crippen MR) is 104 cm³/mol. The van der Waals surface area contributed by atoms with Gasteiger partial charge >= 0.3 is 5.97 Å². The van der Waals surface area contributed by atoms with Crippen molar-refractivity contribution in [2.75, 3.05) is 0 Å². The molecule has 0 heterocycles. The fraction of sp³-hybridized carbons (Fsp3) is 0.591. The van der Waals surface area contributed by atoms with Crippen molar-refractivity contribution >= 4 is 5.97 Å². The molecule has 1 atom stereocenters. The number of phenolic OH excluding ortho intramolecular Hbond substituents is 1. The third kappa shape index (κ3) is 3.74. The van der Waals surface area contributed by atoms with Crippen molar-refractivity contribution < 1.29 is 20.1 Å². The Morgan fingerprint density at radius 3 is 2.46 bits per heavy atom. The van der Waals surface area contributed by atoms with E-state index in [-0.39, 0.29) is 22.5 Å². The van der Waals surface area contributed by atoms with Crippen molar-refractivity contribution in [2.24, 2.45) is 5.41 Å². The Kier molecular flexibility index (Phi) is 5.74. The molecule has 1 aliphatic carbocycles. The van der Waals surface area contributed by atoms with Crippen LogP contribution in [0.5, 0.6) is 11.5 Å². The van der Waals surface area contributed by atoms with E-state index >= 15 is 0 Å². The zero-order chi connectivity index (χ0) is 19.7. The number of carboxylic acids is 1. The van der Waals surface area contributed by atoms with Crippen LogP contribution in [0.1, 0.15) is 87.7 Å². The molecule has 0 spiro atoms. The zero-order valence-corrected chi connectivity index (χ0v) is 16.5. The van der Waals surface area contributed by atoms with Crippen LogP contribution in [0.25, 0.3) is 0 Å². The molecule has 0 radical (unpaired) electrons. The smallest absolute Gasteiger partial charge is 0.339 e. The normalized spacial score (nSPS) is 22.4. The van der Waals surface area contributed by atoms with Gasteiger partial charge in [0.25, 0.3) is 0 Å². The lowest BCUT2D eigenvalue weighted by atomic mass is 9.59. The molecule has 0 bridgehead atoms. The Labute approximate surface area is 156 Å². The molecule has 1 fully saturated rings. The molecule has 2 rings (SSSR count). The van der Waals surface area contributed by atoms with Gasteiger partial charge in [-0.3, -0.25) is 0 Å². The first-order valence-corrected chi connectivity index (χ1v) is 9.53. The second-order valence-electron chi connectivity index (χ2n) is 8.69. The molecule has 1 unspecified atom stereocenters. The van der Waals surface area contributed by atoms with Crippen LogP contribution in [0.4, 0.5) is 0 Å². The lowest BCUT2D eigenvalue weighted by Crippen LogP contribution is -2.36. The summed E-state index contributed by atoms with van der Waals surface area (Å²) in [5.41, 5.74) is 1.03. The van der Waals surface area contributed by atoms with Gasteiger partial charge < -0.3 is 15.3 Å². The first-order chi connectivity index (χ1) is 12.0. The van der Waals surface area contributed by atoms with Crippen LogP contribution in [0.15, 0.2) is 18.2 Å². The zero-order valence-electron chi connectivity index (χ0n) is 16.5. The first kappa shape index (κ1) is 20.3. The predicted octanol–water partition coefficient (Wildman–Crippen LogP) is 5.55. The second-order valence-corrected chi connectivity index (χ2v) is 8.69. The summed E-state index contributed by atoms with van der Waals surface area (Å²) in [6, 6.07) is 1.54. The third-order valence-corrected chi connectivity index (χ3v) is 5.89. The van der Waals surface area contributed by atoms with Gasteiger partial charge in [-0.05, 0) is 49.1 Å². The maximum atomic E-state index is 11.9. The summed E-state index contributed by atoms with van der Waals surface area (Å²) in [6.07, 6.45) is 5.84. The highest BCUT2D eigenvalue weighted by Gasteiger charge is 2.44. The quantitative estimate of drug-likeness (QED) is 0.459.